The quantitative estimate of drug-likeness (QED) is 0.909. The van der Waals surface area contributed by atoms with Crippen molar-refractivity contribution in [1.82, 2.24) is 5.32 Å². The summed E-state index contributed by atoms with van der Waals surface area (Å²) in [4.78, 5) is 0. The Labute approximate surface area is 129 Å². The van der Waals surface area contributed by atoms with Crippen LogP contribution in [-0.4, -0.2) is 25.3 Å². The van der Waals surface area contributed by atoms with Crippen molar-refractivity contribution in [3.05, 3.63) is 35.4 Å². The van der Waals surface area contributed by atoms with E-state index in [-0.39, 0.29) is 11.0 Å². The van der Waals surface area contributed by atoms with Gasteiger partial charge >= 0.3 is 0 Å². The first-order valence-electron chi connectivity index (χ1n) is 8.45. The highest BCUT2D eigenvalue weighted by molar-refractivity contribution is 5.37. The Morgan fingerprint density at radius 3 is 2.76 bits per heavy atom. The van der Waals surface area contributed by atoms with E-state index in [9.17, 15) is 0 Å². The molecule has 0 aromatic heterocycles. The average Bonchev–Trinajstić information content (AvgIpc) is 2.79. The summed E-state index contributed by atoms with van der Waals surface area (Å²) in [6.45, 7) is 5.52. The predicted molar refractivity (Wildman–Crippen MR) is 87.8 cm³/mol. The van der Waals surface area contributed by atoms with Gasteiger partial charge in [-0.05, 0) is 70.5 Å². The zero-order chi connectivity index (χ0) is 14.9. The first-order chi connectivity index (χ1) is 10.0. The van der Waals surface area contributed by atoms with Gasteiger partial charge in [-0.2, -0.15) is 0 Å². The van der Waals surface area contributed by atoms with E-state index in [0.717, 1.165) is 13.0 Å². The Balaban J connectivity index is 1.87. The number of nitrogens with one attached hydrogen (secondary N) is 1. The maximum Gasteiger partial charge on any atom is 0.0631 e. The molecule has 3 rings (SSSR count). The molecule has 2 nitrogen and oxygen atoms in total. The molecule has 21 heavy (non-hydrogen) atoms. The molecule has 2 atom stereocenters. The first kappa shape index (κ1) is 15.1. The van der Waals surface area contributed by atoms with Crippen molar-refractivity contribution in [3.63, 3.8) is 0 Å². The Hall–Kier alpha value is -0.860. The van der Waals surface area contributed by atoms with Crippen LogP contribution in [0, 0.1) is 0 Å². The van der Waals surface area contributed by atoms with Gasteiger partial charge in [0.05, 0.1) is 11.7 Å². The van der Waals surface area contributed by atoms with E-state index in [1.165, 1.54) is 32.1 Å². The lowest BCUT2D eigenvalue weighted by molar-refractivity contribution is -0.0287. The van der Waals surface area contributed by atoms with Gasteiger partial charge in [0.2, 0.25) is 0 Å². The monoisotopic (exact) mass is 287 g/mol. The molecular weight excluding hydrogens is 258 g/mol. The highest BCUT2D eigenvalue weighted by Gasteiger charge is 2.41. The van der Waals surface area contributed by atoms with Crippen molar-refractivity contribution in [2.75, 3.05) is 13.6 Å². The van der Waals surface area contributed by atoms with E-state index >= 15 is 0 Å². The minimum Gasteiger partial charge on any atom is -0.372 e. The van der Waals surface area contributed by atoms with E-state index in [2.05, 4.69) is 50.5 Å². The van der Waals surface area contributed by atoms with Crippen LogP contribution in [-0.2, 0) is 16.6 Å². The van der Waals surface area contributed by atoms with Gasteiger partial charge in [-0.15, -0.1) is 0 Å². The first-order valence-corrected chi connectivity index (χ1v) is 8.45. The number of rotatable bonds is 4. The number of aryl methyl sites for hydroxylation is 1. The summed E-state index contributed by atoms with van der Waals surface area (Å²) in [5.41, 5.74) is 3.45. The van der Waals surface area contributed by atoms with Crippen molar-refractivity contribution in [3.8, 4) is 0 Å². The normalized spacial score (nSPS) is 31.1. The molecule has 1 heterocycles. The summed E-state index contributed by atoms with van der Waals surface area (Å²) in [5, 5.41) is 3.46. The molecule has 0 saturated carbocycles. The third-order valence-corrected chi connectivity index (χ3v) is 5.38. The van der Waals surface area contributed by atoms with Crippen LogP contribution < -0.4 is 5.32 Å². The van der Waals surface area contributed by atoms with Gasteiger partial charge < -0.3 is 10.1 Å². The second-order valence-electron chi connectivity index (χ2n) is 7.56. The third kappa shape index (κ3) is 3.02. The topological polar surface area (TPSA) is 21.3 Å². The predicted octanol–water partition coefficient (Wildman–Crippen LogP) is 3.83. The zero-order valence-electron chi connectivity index (χ0n) is 13.7. The standard InChI is InChI=1S/C19H29NO/c1-18(2)12-10-16(21-18)13-19(14-20-3)11-6-8-15-7-4-5-9-17(15)19/h4-5,7,9,16,20H,6,8,10-14H2,1-3H3. The molecule has 1 aromatic rings. The summed E-state index contributed by atoms with van der Waals surface area (Å²) < 4.78 is 6.31. The van der Waals surface area contributed by atoms with Crippen LogP contribution >= 0.6 is 0 Å². The lowest BCUT2D eigenvalue weighted by Crippen LogP contribution is -2.42. The van der Waals surface area contributed by atoms with Crippen molar-refractivity contribution in [2.24, 2.45) is 0 Å². The largest absolute Gasteiger partial charge is 0.372 e. The SMILES string of the molecule is CNCC1(CC2CCC(C)(C)O2)CCCc2ccccc21. The van der Waals surface area contributed by atoms with Crippen LogP contribution in [0.15, 0.2) is 24.3 Å². The van der Waals surface area contributed by atoms with Crippen LogP contribution in [0.2, 0.25) is 0 Å². The van der Waals surface area contributed by atoms with Crippen molar-refractivity contribution in [1.29, 1.82) is 0 Å². The molecule has 1 aromatic carbocycles. The number of ether oxygens (including phenoxy) is 1. The third-order valence-electron chi connectivity index (χ3n) is 5.38. The molecule has 2 unspecified atom stereocenters. The van der Waals surface area contributed by atoms with Crippen molar-refractivity contribution < 1.29 is 4.74 Å². The molecule has 116 valence electrons. The minimum atomic E-state index is 0.0691. The summed E-state index contributed by atoms with van der Waals surface area (Å²) in [7, 11) is 2.08. The fourth-order valence-corrected chi connectivity index (χ4v) is 4.47. The van der Waals surface area contributed by atoms with E-state index in [4.69, 9.17) is 4.74 Å². The number of hydrogen-bond donors (Lipinski definition) is 1. The van der Waals surface area contributed by atoms with Crippen LogP contribution in [0.3, 0.4) is 0 Å². The molecule has 1 aliphatic carbocycles. The Kier molecular flexibility index (Phi) is 4.11. The number of hydrogen-bond acceptors (Lipinski definition) is 2. The van der Waals surface area contributed by atoms with Gasteiger partial charge in [0.25, 0.3) is 0 Å². The molecule has 2 heteroatoms. The molecule has 1 fully saturated rings. The van der Waals surface area contributed by atoms with Gasteiger partial charge in [-0.1, -0.05) is 24.3 Å². The molecule has 0 amide bonds. The molecular formula is C19H29NO. The van der Waals surface area contributed by atoms with E-state index in [1.54, 1.807) is 11.1 Å². The molecule has 1 aliphatic heterocycles. The van der Waals surface area contributed by atoms with Crippen LogP contribution in [0.5, 0.6) is 0 Å². The van der Waals surface area contributed by atoms with Crippen molar-refractivity contribution in [2.45, 2.75) is 69.5 Å². The van der Waals surface area contributed by atoms with E-state index in [1.807, 2.05) is 0 Å². The molecule has 0 bridgehead atoms. The smallest absolute Gasteiger partial charge is 0.0631 e. The number of fused-ring (bicyclic) bond motifs is 1. The lowest BCUT2D eigenvalue weighted by Gasteiger charge is -2.41. The second-order valence-corrected chi connectivity index (χ2v) is 7.56. The molecule has 0 spiro atoms. The number of benzene rings is 1. The number of likely N-dealkylation sites (N-methyl/N-ethyl adjacent to an activating group) is 1. The van der Waals surface area contributed by atoms with Gasteiger partial charge in [0.15, 0.2) is 0 Å². The maximum absolute atomic E-state index is 6.31. The highest BCUT2D eigenvalue weighted by Crippen LogP contribution is 2.44. The Bertz CT molecular complexity index is 496. The van der Waals surface area contributed by atoms with Crippen molar-refractivity contribution >= 4 is 0 Å². The summed E-state index contributed by atoms with van der Waals surface area (Å²) >= 11 is 0. The van der Waals surface area contributed by atoms with Crippen LogP contribution in [0.4, 0.5) is 0 Å². The summed E-state index contributed by atoms with van der Waals surface area (Å²) in [6.07, 6.45) is 7.79. The van der Waals surface area contributed by atoms with Gasteiger partial charge in [0.1, 0.15) is 0 Å². The highest BCUT2D eigenvalue weighted by atomic mass is 16.5. The van der Waals surface area contributed by atoms with Gasteiger partial charge in [0, 0.05) is 12.0 Å². The fourth-order valence-electron chi connectivity index (χ4n) is 4.47. The molecule has 1 N–H and O–H groups in total. The minimum absolute atomic E-state index is 0.0691. The summed E-state index contributed by atoms with van der Waals surface area (Å²) in [6, 6.07) is 9.06. The molecule has 0 radical (unpaired) electrons. The lowest BCUT2D eigenvalue weighted by atomic mass is 9.66. The molecule has 1 saturated heterocycles. The van der Waals surface area contributed by atoms with E-state index < -0.39 is 0 Å². The van der Waals surface area contributed by atoms with Crippen LogP contribution in [0.1, 0.15) is 57.1 Å². The average molecular weight is 287 g/mol. The zero-order valence-corrected chi connectivity index (χ0v) is 13.7. The second kappa shape index (κ2) is 5.73. The van der Waals surface area contributed by atoms with Gasteiger partial charge in [-0.3, -0.25) is 0 Å². The van der Waals surface area contributed by atoms with Gasteiger partial charge in [-0.25, -0.2) is 0 Å². The van der Waals surface area contributed by atoms with Crippen LogP contribution in [0.25, 0.3) is 0 Å². The maximum atomic E-state index is 6.31. The molecule has 2 aliphatic rings. The Morgan fingerprint density at radius 2 is 2.05 bits per heavy atom. The summed E-state index contributed by atoms with van der Waals surface area (Å²) in [5.74, 6) is 0. The Morgan fingerprint density at radius 1 is 1.24 bits per heavy atom. The fraction of sp³-hybridized carbons (Fsp3) is 0.684. The van der Waals surface area contributed by atoms with E-state index in [0.29, 0.717) is 6.10 Å².